The van der Waals surface area contributed by atoms with Crippen LogP contribution in [-0.4, -0.2) is 0 Å². The molecule has 0 radical (unpaired) electrons. The molecule has 0 atom stereocenters. The first kappa shape index (κ1) is 7.88. The normalized spacial score (nSPS) is 8.86. The Morgan fingerprint density at radius 3 is 1.71 bits per heavy atom. The van der Waals surface area contributed by atoms with Crippen molar-refractivity contribution < 1.29 is 23.2 Å². The van der Waals surface area contributed by atoms with Crippen molar-refractivity contribution in [2.45, 2.75) is 34.9 Å². The van der Waals surface area contributed by atoms with E-state index in [0.29, 0.717) is 0 Å². The molecule has 0 saturated carbocycles. The van der Waals surface area contributed by atoms with E-state index in [4.69, 9.17) is 0 Å². The quantitative estimate of drug-likeness (QED) is 0.579. The van der Waals surface area contributed by atoms with E-state index < -0.39 is 0 Å². The summed E-state index contributed by atoms with van der Waals surface area (Å²) in [5, 5.41) is 0. The molecular formula is C6H14Zr. The fourth-order valence-electron chi connectivity index (χ4n) is 0.479. The van der Waals surface area contributed by atoms with Gasteiger partial charge in [0.25, 0.3) is 0 Å². The fourth-order valence-corrected chi connectivity index (χ4v) is 2.83. The van der Waals surface area contributed by atoms with E-state index in [1.807, 2.05) is 0 Å². The Morgan fingerprint density at radius 1 is 1.00 bits per heavy atom. The third-order valence-corrected chi connectivity index (χ3v) is 5.05. The first-order valence-electron chi connectivity index (χ1n) is 3.12. The fraction of sp³-hybridized carbons (Fsp3) is 1.00. The Morgan fingerprint density at radius 2 is 1.43 bits per heavy atom. The summed E-state index contributed by atoms with van der Waals surface area (Å²) in [5.41, 5.74) is 0. The zero-order valence-corrected chi connectivity index (χ0v) is 7.79. The molecule has 1 heteroatoms. The Kier molecular flexibility index (Phi) is 7.75. The SMILES string of the molecule is CC[CH2][Zr][CH2]CC. The zero-order valence-electron chi connectivity index (χ0n) is 5.33. The summed E-state index contributed by atoms with van der Waals surface area (Å²) >= 11 is 0.181. The molecule has 0 amide bonds. The molecule has 0 aliphatic heterocycles. The van der Waals surface area contributed by atoms with E-state index in [1.165, 1.54) is 12.8 Å². The van der Waals surface area contributed by atoms with Gasteiger partial charge in [0.1, 0.15) is 0 Å². The summed E-state index contributed by atoms with van der Waals surface area (Å²) in [5.74, 6) is 0. The van der Waals surface area contributed by atoms with Crippen molar-refractivity contribution in [2.24, 2.45) is 0 Å². The predicted octanol–water partition coefficient (Wildman–Crippen LogP) is 2.73. The van der Waals surface area contributed by atoms with Crippen LogP contribution in [-0.2, 0) is 23.2 Å². The van der Waals surface area contributed by atoms with Crippen LogP contribution in [0.3, 0.4) is 0 Å². The van der Waals surface area contributed by atoms with Gasteiger partial charge in [-0.1, -0.05) is 0 Å². The molecule has 0 rings (SSSR count). The number of hydrogen-bond donors (Lipinski definition) is 0. The van der Waals surface area contributed by atoms with Gasteiger partial charge in [0.05, 0.1) is 0 Å². The van der Waals surface area contributed by atoms with E-state index >= 15 is 0 Å². The molecule has 0 unspecified atom stereocenters. The van der Waals surface area contributed by atoms with Gasteiger partial charge in [-0.25, -0.2) is 0 Å². The molecule has 0 aromatic carbocycles. The third kappa shape index (κ3) is 6.88. The number of hydrogen-bond acceptors (Lipinski definition) is 0. The van der Waals surface area contributed by atoms with Gasteiger partial charge in [0.2, 0.25) is 0 Å². The maximum absolute atomic E-state index is 2.29. The maximum atomic E-state index is 2.29. The molecule has 0 bridgehead atoms. The van der Waals surface area contributed by atoms with Crippen LogP contribution in [0.5, 0.6) is 0 Å². The molecular weight excluding hydrogens is 163 g/mol. The van der Waals surface area contributed by atoms with Crippen LogP contribution in [0, 0.1) is 0 Å². The average molecular weight is 177 g/mol. The summed E-state index contributed by atoms with van der Waals surface area (Å²) in [7, 11) is 0. The topological polar surface area (TPSA) is 0 Å². The molecule has 42 valence electrons. The Bertz CT molecular complexity index is 23.4. The first-order valence-corrected chi connectivity index (χ1v) is 6.60. The van der Waals surface area contributed by atoms with Crippen LogP contribution in [0.15, 0.2) is 0 Å². The average Bonchev–Trinajstić information content (AvgIpc) is 1.69. The van der Waals surface area contributed by atoms with Crippen LogP contribution in [0.25, 0.3) is 0 Å². The summed E-state index contributed by atoms with van der Waals surface area (Å²) in [4.78, 5) is 0. The van der Waals surface area contributed by atoms with Crippen molar-refractivity contribution in [3.8, 4) is 0 Å². The Hall–Kier alpha value is 0.883. The van der Waals surface area contributed by atoms with Gasteiger partial charge in [-0.3, -0.25) is 0 Å². The minimum atomic E-state index is 0.181. The van der Waals surface area contributed by atoms with E-state index in [2.05, 4.69) is 13.8 Å². The molecule has 7 heavy (non-hydrogen) atoms. The standard InChI is InChI=1S/2C3H7.Zr/c2*1-3-2;/h2*1,3H2,2H3;. The summed E-state index contributed by atoms with van der Waals surface area (Å²) in [6.07, 6.45) is 2.87. The zero-order chi connectivity index (χ0) is 5.54. The summed E-state index contributed by atoms with van der Waals surface area (Å²) in [6.45, 7) is 4.58. The van der Waals surface area contributed by atoms with Gasteiger partial charge >= 0.3 is 58.2 Å². The molecule has 0 heterocycles. The molecule has 0 nitrogen and oxygen atoms in total. The van der Waals surface area contributed by atoms with Gasteiger partial charge in [0.15, 0.2) is 0 Å². The van der Waals surface area contributed by atoms with Crippen molar-refractivity contribution in [1.82, 2.24) is 0 Å². The van der Waals surface area contributed by atoms with Crippen molar-refractivity contribution in [3.63, 3.8) is 0 Å². The Labute approximate surface area is 58.3 Å². The summed E-state index contributed by atoms with van der Waals surface area (Å²) in [6, 6.07) is 0. The van der Waals surface area contributed by atoms with Gasteiger partial charge < -0.3 is 0 Å². The monoisotopic (exact) mass is 176 g/mol. The van der Waals surface area contributed by atoms with Gasteiger partial charge in [0, 0.05) is 0 Å². The predicted molar refractivity (Wildman–Crippen MR) is 30.2 cm³/mol. The summed E-state index contributed by atoms with van der Waals surface area (Å²) < 4.78 is 3.19. The van der Waals surface area contributed by atoms with Crippen LogP contribution in [0.2, 0.25) is 8.26 Å². The molecule has 0 N–H and O–H groups in total. The first-order chi connectivity index (χ1) is 3.41. The van der Waals surface area contributed by atoms with Crippen LogP contribution in [0.4, 0.5) is 0 Å². The van der Waals surface area contributed by atoms with Gasteiger partial charge in [-0.15, -0.1) is 0 Å². The molecule has 0 aromatic rings. The van der Waals surface area contributed by atoms with Crippen LogP contribution >= 0.6 is 0 Å². The molecule has 0 fully saturated rings. The number of rotatable bonds is 4. The van der Waals surface area contributed by atoms with E-state index in [-0.39, 0.29) is 23.2 Å². The van der Waals surface area contributed by atoms with Crippen LogP contribution < -0.4 is 0 Å². The van der Waals surface area contributed by atoms with Gasteiger partial charge in [-0.05, 0) is 0 Å². The molecule has 0 saturated heterocycles. The Balaban J connectivity index is 2.45. The van der Waals surface area contributed by atoms with E-state index in [9.17, 15) is 0 Å². The van der Waals surface area contributed by atoms with Crippen molar-refractivity contribution >= 4 is 0 Å². The van der Waals surface area contributed by atoms with Crippen LogP contribution in [0.1, 0.15) is 26.7 Å². The van der Waals surface area contributed by atoms with Crippen molar-refractivity contribution in [2.75, 3.05) is 0 Å². The second-order valence-corrected chi connectivity index (χ2v) is 5.44. The second kappa shape index (κ2) is 6.88. The van der Waals surface area contributed by atoms with Crippen molar-refractivity contribution in [1.29, 1.82) is 0 Å². The molecule has 0 aliphatic rings. The molecule has 0 aliphatic carbocycles. The third-order valence-electron chi connectivity index (χ3n) is 0.854. The molecule has 0 spiro atoms. The van der Waals surface area contributed by atoms with Crippen molar-refractivity contribution in [3.05, 3.63) is 0 Å². The van der Waals surface area contributed by atoms with E-state index in [0.717, 1.165) is 0 Å². The minimum absolute atomic E-state index is 0.181. The van der Waals surface area contributed by atoms with Gasteiger partial charge in [-0.2, -0.15) is 0 Å². The molecule has 0 aromatic heterocycles. The van der Waals surface area contributed by atoms with E-state index in [1.54, 1.807) is 8.26 Å². The second-order valence-electron chi connectivity index (χ2n) is 1.75.